The van der Waals surface area contributed by atoms with E-state index in [1.54, 1.807) is 18.2 Å². The van der Waals surface area contributed by atoms with Gasteiger partial charge in [0.05, 0.1) is 11.4 Å². The molecule has 2 aromatic rings. The maximum absolute atomic E-state index is 12.4. The highest BCUT2D eigenvalue weighted by Crippen LogP contribution is 2.30. The van der Waals surface area contributed by atoms with Crippen molar-refractivity contribution in [1.29, 1.82) is 0 Å². The van der Waals surface area contributed by atoms with E-state index in [1.807, 2.05) is 36.1 Å². The number of piperazine rings is 1. The average Bonchev–Trinajstić information content (AvgIpc) is 2.74. The van der Waals surface area contributed by atoms with Crippen molar-refractivity contribution in [2.75, 3.05) is 36.4 Å². The molecular formula is C21H22ClIN4O2S. The molecule has 0 saturated carbocycles. The van der Waals surface area contributed by atoms with Crippen molar-refractivity contribution in [3.05, 3.63) is 56.6 Å². The number of hydrogen-bond acceptors (Lipinski definition) is 4. The van der Waals surface area contributed by atoms with Crippen LogP contribution in [0.15, 0.2) is 42.5 Å². The summed E-state index contributed by atoms with van der Waals surface area (Å²) < 4.78 is 1.05. The quantitative estimate of drug-likeness (QED) is 0.438. The van der Waals surface area contributed by atoms with Crippen LogP contribution in [0.2, 0.25) is 5.02 Å². The van der Waals surface area contributed by atoms with Gasteiger partial charge in [0.15, 0.2) is 5.11 Å². The van der Waals surface area contributed by atoms with Crippen molar-refractivity contribution >= 4 is 74.7 Å². The lowest BCUT2D eigenvalue weighted by Gasteiger charge is -2.37. The van der Waals surface area contributed by atoms with Crippen LogP contribution in [0.4, 0.5) is 11.4 Å². The minimum absolute atomic E-state index is 0.170. The Balaban J connectivity index is 1.68. The zero-order valence-electron chi connectivity index (χ0n) is 16.5. The van der Waals surface area contributed by atoms with E-state index < -0.39 is 0 Å². The Morgan fingerprint density at radius 1 is 1.10 bits per heavy atom. The summed E-state index contributed by atoms with van der Waals surface area (Å²) in [6.45, 7) is 4.64. The number of carbonyl (C=O) groups excluding carboxylic acids is 2. The molecule has 1 aliphatic heterocycles. The topological polar surface area (TPSA) is 64.7 Å². The standard InChI is InChI=1S/C21H22ClIN4O2S/c1-2-19(28)27-11-9-26(10-12-27)18-8-5-15(22)13-17(18)24-21(30)25-20(29)14-3-6-16(23)7-4-14/h3-8,13H,2,9-12H2,1H3,(H2,24,25,29,30). The van der Waals surface area contributed by atoms with Crippen LogP contribution in [-0.4, -0.2) is 48.0 Å². The van der Waals surface area contributed by atoms with Gasteiger partial charge in [0.25, 0.3) is 5.91 Å². The Morgan fingerprint density at radius 3 is 2.40 bits per heavy atom. The summed E-state index contributed by atoms with van der Waals surface area (Å²) in [5.41, 5.74) is 2.17. The molecule has 0 spiro atoms. The van der Waals surface area contributed by atoms with E-state index in [0.717, 1.165) is 9.26 Å². The molecule has 0 radical (unpaired) electrons. The molecule has 1 aliphatic rings. The molecule has 6 nitrogen and oxygen atoms in total. The highest BCUT2D eigenvalue weighted by atomic mass is 127. The molecule has 0 aliphatic carbocycles. The Hall–Kier alpha value is -1.91. The van der Waals surface area contributed by atoms with E-state index in [0.29, 0.717) is 48.9 Å². The number of benzene rings is 2. The second-order valence-electron chi connectivity index (χ2n) is 6.80. The lowest BCUT2D eigenvalue weighted by atomic mass is 10.2. The number of nitrogens with one attached hydrogen (secondary N) is 2. The number of carbonyl (C=O) groups is 2. The fourth-order valence-corrected chi connectivity index (χ4v) is 3.97. The van der Waals surface area contributed by atoms with Crippen molar-refractivity contribution < 1.29 is 9.59 Å². The molecule has 0 unspecified atom stereocenters. The van der Waals surface area contributed by atoms with Gasteiger partial charge in [-0.15, -0.1) is 0 Å². The maximum atomic E-state index is 12.4. The summed E-state index contributed by atoms with van der Waals surface area (Å²) in [6, 6.07) is 12.8. The van der Waals surface area contributed by atoms with E-state index in [1.165, 1.54) is 0 Å². The normalized spacial score (nSPS) is 13.7. The molecule has 0 bridgehead atoms. The number of amides is 2. The van der Waals surface area contributed by atoms with E-state index in [9.17, 15) is 9.59 Å². The molecule has 1 saturated heterocycles. The lowest BCUT2D eigenvalue weighted by Crippen LogP contribution is -2.48. The van der Waals surface area contributed by atoms with E-state index in [-0.39, 0.29) is 16.9 Å². The van der Waals surface area contributed by atoms with Gasteiger partial charge in [0.2, 0.25) is 5.91 Å². The van der Waals surface area contributed by atoms with Crippen LogP contribution >= 0.6 is 46.4 Å². The Labute approximate surface area is 200 Å². The van der Waals surface area contributed by atoms with Gasteiger partial charge in [0, 0.05) is 46.8 Å². The predicted molar refractivity (Wildman–Crippen MR) is 133 cm³/mol. The zero-order valence-corrected chi connectivity index (χ0v) is 20.2. The van der Waals surface area contributed by atoms with Crippen LogP contribution in [0.5, 0.6) is 0 Å². The van der Waals surface area contributed by atoms with Gasteiger partial charge < -0.3 is 15.1 Å². The van der Waals surface area contributed by atoms with Gasteiger partial charge in [-0.25, -0.2) is 0 Å². The maximum Gasteiger partial charge on any atom is 0.257 e. The second kappa shape index (κ2) is 10.4. The van der Waals surface area contributed by atoms with Crippen LogP contribution in [0.25, 0.3) is 0 Å². The molecule has 30 heavy (non-hydrogen) atoms. The van der Waals surface area contributed by atoms with Crippen LogP contribution in [0.3, 0.4) is 0 Å². The monoisotopic (exact) mass is 556 g/mol. The van der Waals surface area contributed by atoms with Crippen LogP contribution in [0.1, 0.15) is 23.7 Å². The highest BCUT2D eigenvalue weighted by Gasteiger charge is 2.22. The first-order valence-electron chi connectivity index (χ1n) is 9.57. The molecular weight excluding hydrogens is 535 g/mol. The summed E-state index contributed by atoms with van der Waals surface area (Å²) in [7, 11) is 0. The van der Waals surface area contributed by atoms with Gasteiger partial charge >= 0.3 is 0 Å². The van der Waals surface area contributed by atoms with Gasteiger partial charge in [-0.3, -0.25) is 14.9 Å². The number of rotatable bonds is 4. The smallest absolute Gasteiger partial charge is 0.257 e. The molecule has 0 atom stereocenters. The predicted octanol–water partition coefficient (Wildman–Crippen LogP) is 4.13. The van der Waals surface area contributed by atoms with Gasteiger partial charge in [0.1, 0.15) is 0 Å². The third-order valence-electron chi connectivity index (χ3n) is 4.82. The second-order valence-corrected chi connectivity index (χ2v) is 8.89. The fourth-order valence-electron chi connectivity index (χ4n) is 3.23. The zero-order chi connectivity index (χ0) is 21.7. The molecule has 1 fully saturated rings. The van der Waals surface area contributed by atoms with Crippen LogP contribution in [-0.2, 0) is 4.79 Å². The molecule has 1 heterocycles. The Bertz CT molecular complexity index is 947. The van der Waals surface area contributed by atoms with Gasteiger partial charge in [-0.1, -0.05) is 18.5 Å². The molecule has 9 heteroatoms. The molecule has 3 rings (SSSR count). The average molecular weight is 557 g/mol. The first-order valence-corrected chi connectivity index (χ1v) is 11.4. The lowest BCUT2D eigenvalue weighted by molar-refractivity contribution is -0.131. The van der Waals surface area contributed by atoms with E-state index in [4.69, 9.17) is 23.8 Å². The van der Waals surface area contributed by atoms with Crippen LogP contribution < -0.4 is 15.5 Å². The summed E-state index contributed by atoms with van der Waals surface area (Å²) in [4.78, 5) is 28.4. The summed E-state index contributed by atoms with van der Waals surface area (Å²) in [5.74, 6) is -0.109. The van der Waals surface area contributed by atoms with Crippen LogP contribution in [0, 0.1) is 3.57 Å². The molecule has 0 aromatic heterocycles. The first-order chi connectivity index (χ1) is 14.4. The van der Waals surface area contributed by atoms with E-state index in [2.05, 4.69) is 38.1 Å². The van der Waals surface area contributed by atoms with E-state index >= 15 is 0 Å². The number of thiocarbonyl (C=S) groups is 1. The summed E-state index contributed by atoms with van der Waals surface area (Å²) in [6.07, 6.45) is 0.516. The number of hydrogen-bond donors (Lipinski definition) is 2. The van der Waals surface area contributed by atoms with Gasteiger partial charge in [-0.05, 0) is 77.3 Å². The third kappa shape index (κ3) is 5.83. The number of anilines is 2. The minimum Gasteiger partial charge on any atom is -0.366 e. The highest BCUT2D eigenvalue weighted by molar-refractivity contribution is 14.1. The van der Waals surface area contributed by atoms with Crippen molar-refractivity contribution in [1.82, 2.24) is 10.2 Å². The van der Waals surface area contributed by atoms with Crippen molar-refractivity contribution in [2.45, 2.75) is 13.3 Å². The van der Waals surface area contributed by atoms with Gasteiger partial charge in [-0.2, -0.15) is 0 Å². The van der Waals surface area contributed by atoms with Crippen molar-refractivity contribution in [3.63, 3.8) is 0 Å². The largest absolute Gasteiger partial charge is 0.366 e. The summed E-state index contributed by atoms with van der Waals surface area (Å²) in [5, 5.41) is 6.56. The first kappa shape index (κ1) is 22.8. The van der Waals surface area contributed by atoms with Crippen molar-refractivity contribution in [2.24, 2.45) is 0 Å². The molecule has 2 aromatic carbocycles. The number of nitrogens with zero attached hydrogens (tertiary/aromatic N) is 2. The molecule has 2 N–H and O–H groups in total. The Morgan fingerprint density at radius 2 is 1.77 bits per heavy atom. The Kier molecular flexibility index (Phi) is 7.90. The SMILES string of the molecule is CCC(=O)N1CCN(c2ccc(Cl)cc2NC(=S)NC(=O)c2ccc(I)cc2)CC1. The number of halogens is 2. The van der Waals surface area contributed by atoms with Crippen molar-refractivity contribution in [3.8, 4) is 0 Å². The third-order valence-corrected chi connectivity index (χ3v) is 5.97. The fraction of sp³-hybridized carbons (Fsp3) is 0.286. The minimum atomic E-state index is -0.279. The summed E-state index contributed by atoms with van der Waals surface area (Å²) >= 11 is 13.7. The molecule has 158 valence electrons. The molecule has 2 amide bonds.